The number of nitrogens with two attached hydrogens (primary N) is 1. The Labute approximate surface area is 127 Å². The third-order valence-electron chi connectivity index (χ3n) is 2.20. The second-order valence-electron chi connectivity index (χ2n) is 3.95. The molecule has 1 unspecified atom stereocenters. The van der Waals surface area contributed by atoms with Gasteiger partial charge < -0.3 is 5.73 Å². The summed E-state index contributed by atoms with van der Waals surface area (Å²) in [5, 5.41) is 8.80. The second-order valence-corrected chi connectivity index (χ2v) is 6.63. The fraction of sp³-hybridized carbons (Fsp3) is 0.364. The van der Waals surface area contributed by atoms with Crippen molar-refractivity contribution in [2.75, 3.05) is 6.54 Å². The number of rotatable bonds is 5. The third-order valence-corrected chi connectivity index (χ3v) is 4.10. The average Bonchev–Trinajstić information content (AvgIpc) is 2.27. The number of hydrogen-bond donors (Lipinski definition) is 2. The Kier molecular flexibility index (Phi) is 7.55. The van der Waals surface area contributed by atoms with E-state index in [4.69, 9.17) is 11.0 Å². The van der Waals surface area contributed by atoms with E-state index in [-0.39, 0.29) is 35.5 Å². The van der Waals surface area contributed by atoms with E-state index in [1.807, 2.05) is 6.07 Å². The predicted molar refractivity (Wildman–Crippen MR) is 79.6 cm³/mol. The van der Waals surface area contributed by atoms with Crippen molar-refractivity contribution >= 4 is 38.4 Å². The number of halogens is 2. The number of benzene rings is 1. The molecule has 0 fully saturated rings. The Balaban J connectivity index is 0.00000324. The first-order valence-corrected chi connectivity index (χ1v) is 7.58. The van der Waals surface area contributed by atoms with E-state index in [0.717, 1.165) is 0 Å². The molecule has 0 heterocycles. The summed E-state index contributed by atoms with van der Waals surface area (Å²) in [6.07, 6.45) is 0.554. The van der Waals surface area contributed by atoms with Crippen LogP contribution in [0.25, 0.3) is 0 Å². The van der Waals surface area contributed by atoms with Crippen LogP contribution in [-0.2, 0) is 10.0 Å². The minimum atomic E-state index is -3.60. The normalized spacial score (nSPS) is 12.3. The highest BCUT2D eigenvalue weighted by atomic mass is 79.9. The lowest BCUT2D eigenvalue weighted by Crippen LogP contribution is -2.29. The first-order valence-electron chi connectivity index (χ1n) is 5.31. The minimum absolute atomic E-state index is 0. The molecule has 0 spiro atoms. The van der Waals surface area contributed by atoms with Crippen molar-refractivity contribution in [1.29, 1.82) is 5.26 Å². The van der Waals surface area contributed by atoms with Crippen molar-refractivity contribution in [2.24, 2.45) is 5.73 Å². The maximum atomic E-state index is 12.0. The number of nitriles is 1. The van der Waals surface area contributed by atoms with Crippen LogP contribution in [0.5, 0.6) is 0 Å². The molecule has 0 radical (unpaired) electrons. The quantitative estimate of drug-likeness (QED) is 0.827. The van der Waals surface area contributed by atoms with Crippen LogP contribution in [0, 0.1) is 11.3 Å². The molecule has 1 atom stereocenters. The molecule has 0 amide bonds. The molecule has 0 saturated heterocycles. The number of sulfonamides is 1. The van der Waals surface area contributed by atoms with E-state index >= 15 is 0 Å². The van der Waals surface area contributed by atoms with Gasteiger partial charge in [-0.15, -0.1) is 12.4 Å². The van der Waals surface area contributed by atoms with Gasteiger partial charge in [0.2, 0.25) is 10.0 Å². The van der Waals surface area contributed by atoms with Crippen LogP contribution >= 0.6 is 28.3 Å². The fourth-order valence-electron chi connectivity index (χ4n) is 1.29. The molecule has 0 aliphatic rings. The molecule has 0 aliphatic heterocycles. The lowest BCUT2D eigenvalue weighted by atomic mass is 10.2. The maximum absolute atomic E-state index is 12.0. The lowest BCUT2D eigenvalue weighted by molar-refractivity contribution is 0.571. The van der Waals surface area contributed by atoms with Crippen molar-refractivity contribution in [1.82, 2.24) is 4.72 Å². The van der Waals surface area contributed by atoms with Crippen molar-refractivity contribution < 1.29 is 8.42 Å². The first-order chi connectivity index (χ1) is 8.35. The van der Waals surface area contributed by atoms with Gasteiger partial charge in [-0.2, -0.15) is 5.26 Å². The second kappa shape index (κ2) is 7.82. The molecule has 5 nitrogen and oxygen atoms in total. The predicted octanol–water partition coefficient (Wildman–Crippen LogP) is 1.76. The van der Waals surface area contributed by atoms with Crippen LogP contribution in [0.15, 0.2) is 27.6 Å². The molecule has 19 heavy (non-hydrogen) atoms. The van der Waals surface area contributed by atoms with E-state index in [0.29, 0.717) is 10.9 Å². The summed E-state index contributed by atoms with van der Waals surface area (Å²) in [5.41, 5.74) is 5.83. The fourth-order valence-corrected chi connectivity index (χ4v) is 3.05. The molecular formula is C11H15BrClN3O2S. The zero-order valence-corrected chi connectivity index (χ0v) is 13.5. The Morgan fingerprint density at radius 3 is 2.63 bits per heavy atom. The van der Waals surface area contributed by atoms with Crippen LogP contribution in [0.2, 0.25) is 0 Å². The highest BCUT2D eigenvalue weighted by Crippen LogP contribution is 2.19. The lowest BCUT2D eigenvalue weighted by Gasteiger charge is -2.09. The summed E-state index contributed by atoms with van der Waals surface area (Å²) in [5.74, 6) is 0. The molecule has 1 aromatic rings. The maximum Gasteiger partial charge on any atom is 0.240 e. The van der Waals surface area contributed by atoms with Gasteiger partial charge in [0.1, 0.15) is 0 Å². The number of nitrogens with zero attached hydrogens (tertiary/aromatic N) is 1. The van der Waals surface area contributed by atoms with Crippen molar-refractivity contribution in [3.05, 3.63) is 28.2 Å². The smallest absolute Gasteiger partial charge is 0.240 e. The molecule has 0 saturated carbocycles. The topological polar surface area (TPSA) is 96.0 Å². The molecule has 1 aromatic carbocycles. The highest BCUT2D eigenvalue weighted by Gasteiger charge is 2.15. The van der Waals surface area contributed by atoms with E-state index in [2.05, 4.69) is 20.7 Å². The Morgan fingerprint density at radius 2 is 2.11 bits per heavy atom. The van der Waals surface area contributed by atoms with E-state index in [1.54, 1.807) is 13.0 Å². The Hall–Kier alpha value is -0.650. The highest BCUT2D eigenvalue weighted by molar-refractivity contribution is 9.10. The van der Waals surface area contributed by atoms with Gasteiger partial charge in [-0.25, -0.2) is 13.1 Å². The first kappa shape index (κ1) is 18.4. The average molecular weight is 369 g/mol. The molecule has 8 heteroatoms. The summed E-state index contributed by atoms with van der Waals surface area (Å²) < 4.78 is 26.9. The summed E-state index contributed by atoms with van der Waals surface area (Å²) in [6.45, 7) is 2.08. The van der Waals surface area contributed by atoms with Gasteiger partial charge >= 0.3 is 0 Å². The van der Waals surface area contributed by atoms with Gasteiger partial charge in [0.05, 0.1) is 16.5 Å². The summed E-state index contributed by atoms with van der Waals surface area (Å²) in [4.78, 5) is 0.0677. The van der Waals surface area contributed by atoms with Crippen LogP contribution in [0.4, 0.5) is 0 Å². The van der Waals surface area contributed by atoms with E-state index < -0.39 is 10.0 Å². The van der Waals surface area contributed by atoms with Gasteiger partial charge in [-0.3, -0.25) is 0 Å². The van der Waals surface area contributed by atoms with Crippen LogP contribution in [0.1, 0.15) is 18.9 Å². The van der Waals surface area contributed by atoms with Crippen LogP contribution in [0.3, 0.4) is 0 Å². The SMILES string of the molecule is CC(N)CCNS(=O)(=O)c1cc(Br)cc(C#N)c1.Cl. The zero-order valence-electron chi connectivity index (χ0n) is 10.3. The molecular weight excluding hydrogens is 354 g/mol. The molecule has 0 bridgehead atoms. The number of hydrogen-bond acceptors (Lipinski definition) is 4. The molecule has 3 N–H and O–H groups in total. The number of nitrogens with one attached hydrogen (secondary N) is 1. The van der Waals surface area contributed by atoms with Crippen molar-refractivity contribution in [3.8, 4) is 6.07 Å². The molecule has 106 valence electrons. The zero-order chi connectivity index (χ0) is 13.8. The Bertz CT molecular complexity index is 570. The summed E-state index contributed by atoms with van der Waals surface area (Å²) in [7, 11) is -3.60. The van der Waals surface area contributed by atoms with E-state index in [1.165, 1.54) is 12.1 Å². The molecule has 0 aliphatic carbocycles. The standard InChI is InChI=1S/C11H14BrN3O2S.ClH/c1-8(14)2-3-15-18(16,17)11-5-9(7-13)4-10(12)6-11;/h4-6,8,15H,2-3,14H2,1H3;1H. The summed E-state index contributed by atoms with van der Waals surface area (Å²) in [6, 6.07) is 6.19. The van der Waals surface area contributed by atoms with Crippen LogP contribution in [-0.4, -0.2) is 21.0 Å². The van der Waals surface area contributed by atoms with Gasteiger partial charge in [-0.1, -0.05) is 15.9 Å². The van der Waals surface area contributed by atoms with Crippen LogP contribution < -0.4 is 10.5 Å². The van der Waals surface area contributed by atoms with E-state index in [9.17, 15) is 8.42 Å². The third kappa shape index (κ3) is 5.89. The summed E-state index contributed by atoms with van der Waals surface area (Å²) >= 11 is 3.17. The van der Waals surface area contributed by atoms with Crippen molar-refractivity contribution in [3.63, 3.8) is 0 Å². The Morgan fingerprint density at radius 1 is 1.47 bits per heavy atom. The van der Waals surface area contributed by atoms with Gasteiger partial charge in [0, 0.05) is 17.1 Å². The van der Waals surface area contributed by atoms with Crippen molar-refractivity contribution in [2.45, 2.75) is 24.3 Å². The molecule has 0 aromatic heterocycles. The van der Waals surface area contributed by atoms with Gasteiger partial charge in [0.25, 0.3) is 0 Å². The van der Waals surface area contributed by atoms with Gasteiger partial charge in [0.15, 0.2) is 0 Å². The van der Waals surface area contributed by atoms with Gasteiger partial charge in [-0.05, 0) is 31.5 Å². The molecule has 1 rings (SSSR count). The minimum Gasteiger partial charge on any atom is -0.328 e. The monoisotopic (exact) mass is 367 g/mol. The largest absolute Gasteiger partial charge is 0.328 e.